The molecule has 12 heteroatoms. The van der Waals surface area contributed by atoms with Crippen LogP contribution in [0.15, 0.2) is 48.7 Å². The van der Waals surface area contributed by atoms with Crippen molar-refractivity contribution >= 4 is 35.0 Å². The summed E-state index contributed by atoms with van der Waals surface area (Å²) in [4.78, 5) is 32.0. The van der Waals surface area contributed by atoms with Crippen LogP contribution in [0.5, 0.6) is 0 Å². The molecule has 1 unspecified atom stereocenters. The van der Waals surface area contributed by atoms with Crippen LogP contribution in [0.4, 0.5) is 26.3 Å². The molecule has 0 spiro atoms. The molecule has 246 valence electrons. The molecular formula is C33H38ClF6N3O2. The molecule has 0 radical (unpaired) electrons. The van der Waals surface area contributed by atoms with E-state index in [1.165, 1.54) is 25.7 Å². The highest BCUT2D eigenvalue weighted by molar-refractivity contribution is 5.91. The fourth-order valence-corrected chi connectivity index (χ4v) is 6.68. The van der Waals surface area contributed by atoms with E-state index in [2.05, 4.69) is 15.2 Å². The van der Waals surface area contributed by atoms with E-state index in [0.717, 1.165) is 36.1 Å². The molecular weight excluding hydrogens is 620 g/mol. The van der Waals surface area contributed by atoms with Crippen LogP contribution in [0.2, 0.25) is 0 Å². The van der Waals surface area contributed by atoms with Crippen molar-refractivity contribution in [3.8, 4) is 0 Å². The Kier molecular flexibility index (Phi) is 11.3. The van der Waals surface area contributed by atoms with Crippen molar-refractivity contribution in [3.63, 3.8) is 0 Å². The number of nitrogens with zero attached hydrogens (tertiary/aromatic N) is 1. The van der Waals surface area contributed by atoms with Gasteiger partial charge in [-0.3, -0.25) is 9.59 Å². The number of halogens is 7. The minimum Gasteiger partial charge on any atom is -0.361 e. The van der Waals surface area contributed by atoms with Gasteiger partial charge in [0.2, 0.25) is 5.91 Å². The molecule has 5 nitrogen and oxygen atoms in total. The summed E-state index contributed by atoms with van der Waals surface area (Å²) < 4.78 is 80.0. The van der Waals surface area contributed by atoms with E-state index in [-0.39, 0.29) is 55.6 Å². The number of amides is 1. The molecule has 1 amide bonds. The smallest absolute Gasteiger partial charge is 0.361 e. The number of hydrogen-bond donors (Lipinski definition) is 2. The summed E-state index contributed by atoms with van der Waals surface area (Å²) in [5.74, 6) is 0.660. The summed E-state index contributed by atoms with van der Waals surface area (Å²) in [6.07, 6.45) is -2.84. The average molecular weight is 658 g/mol. The van der Waals surface area contributed by atoms with Crippen LogP contribution in [0.1, 0.15) is 67.2 Å². The number of Topliss-reactive ketones (excluding diaryl/α,β-unsaturated/α-hetero) is 1. The monoisotopic (exact) mass is 657 g/mol. The molecule has 3 fully saturated rings. The number of fused-ring (bicyclic) bond motifs is 5. The molecule has 3 aromatic rings. The third-order valence-corrected chi connectivity index (χ3v) is 9.01. The molecule has 6 rings (SSSR count). The Hall–Kier alpha value is -3.05. The SMILES string of the molecule is Cl.O=C(CCCN1CC2CCC(CC2)C1)NC(Cc1c[nH]c2ccccc12)C(=O)CCc1cc(C(F)(F)F)cc(C(F)(F)F)c1. The van der Waals surface area contributed by atoms with Crippen LogP contribution in [-0.4, -0.2) is 47.3 Å². The summed E-state index contributed by atoms with van der Waals surface area (Å²) in [6.45, 7) is 2.88. The van der Waals surface area contributed by atoms with Gasteiger partial charge in [-0.25, -0.2) is 0 Å². The van der Waals surface area contributed by atoms with E-state index in [0.29, 0.717) is 30.4 Å². The van der Waals surface area contributed by atoms with Crippen molar-refractivity contribution in [2.45, 2.75) is 76.2 Å². The summed E-state index contributed by atoms with van der Waals surface area (Å²) in [7, 11) is 0. The van der Waals surface area contributed by atoms with Gasteiger partial charge in [0, 0.05) is 49.5 Å². The van der Waals surface area contributed by atoms with Gasteiger partial charge in [-0.2, -0.15) is 26.3 Å². The van der Waals surface area contributed by atoms with Gasteiger partial charge in [-0.05, 0) is 92.3 Å². The first-order valence-corrected chi connectivity index (χ1v) is 15.2. The highest BCUT2D eigenvalue weighted by Gasteiger charge is 2.37. The summed E-state index contributed by atoms with van der Waals surface area (Å²) >= 11 is 0. The highest BCUT2D eigenvalue weighted by Crippen LogP contribution is 2.37. The van der Waals surface area contributed by atoms with Crippen molar-refractivity contribution in [3.05, 3.63) is 70.9 Å². The first-order chi connectivity index (χ1) is 20.8. The third kappa shape index (κ3) is 9.25. The number of nitrogens with one attached hydrogen (secondary N) is 2. The standard InChI is InChI=1S/C33H37F6N3O2.ClH/c34-32(35,36)25-14-23(15-26(17-25)33(37,38)39)11-12-30(43)29(16-24-18-40-28-5-2-1-4-27(24)28)41-31(44)6-3-13-42-19-21-7-8-22(20-42)10-9-21;/h1-2,4-5,14-15,17-18,21-22,29,40H,3,6-13,16,19-20H2,(H,41,44);1H. The van der Waals surface area contributed by atoms with E-state index in [1.54, 1.807) is 6.20 Å². The number of ketones is 1. The minimum absolute atomic E-state index is 0. The maximum absolute atomic E-state index is 13.4. The van der Waals surface area contributed by atoms with Crippen LogP contribution in [0.25, 0.3) is 10.9 Å². The second kappa shape index (κ2) is 14.6. The number of rotatable bonds is 11. The Morgan fingerprint density at radius 2 is 1.49 bits per heavy atom. The van der Waals surface area contributed by atoms with Gasteiger partial charge < -0.3 is 15.2 Å². The van der Waals surface area contributed by atoms with Gasteiger partial charge in [-0.15, -0.1) is 12.4 Å². The number of hydrogen-bond acceptors (Lipinski definition) is 3. The van der Waals surface area contributed by atoms with Gasteiger partial charge in [0.25, 0.3) is 0 Å². The van der Waals surface area contributed by atoms with Gasteiger partial charge in [0.05, 0.1) is 17.2 Å². The lowest BCUT2D eigenvalue weighted by atomic mass is 9.84. The molecule has 1 saturated carbocycles. The van der Waals surface area contributed by atoms with Crippen molar-refractivity contribution < 1.29 is 35.9 Å². The fourth-order valence-electron chi connectivity index (χ4n) is 6.68. The molecule has 3 heterocycles. The Labute approximate surface area is 264 Å². The second-order valence-corrected chi connectivity index (χ2v) is 12.3. The lowest BCUT2D eigenvalue weighted by Crippen LogP contribution is -2.42. The molecule has 1 aliphatic carbocycles. The molecule has 2 aromatic carbocycles. The van der Waals surface area contributed by atoms with Gasteiger partial charge >= 0.3 is 12.4 Å². The fraction of sp³-hybridized carbons (Fsp3) is 0.515. The van der Waals surface area contributed by atoms with E-state index >= 15 is 0 Å². The molecule has 3 aliphatic rings. The normalized spacial score (nSPS) is 19.6. The molecule has 2 aliphatic heterocycles. The van der Waals surface area contributed by atoms with Crippen molar-refractivity contribution in [2.24, 2.45) is 11.8 Å². The number of aromatic amines is 1. The quantitative estimate of drug-likeness (QED) is 0.207. The molecule has 1 aromatic heterocycles. The van der Waals surface area contributed by atoms with E-state index < -0.39 is 35.3 Å². The highest BCUT2D eigenvalue weighted by atomic mass is 35.5. The minimum atomic E-state index is -4.97. The Bertz CT molecular complexity index is 1420. The molecule has 2 bridgehead atoms. The number of aryl methyl sites for hydroxylation is 1. The predicted molar refractivity (Wildman–Crippen MR) is 162 cm³/mol. The number of alkyl halides is 6. The number of carbonyl (C=O) groups excluding carboxylic acids is 2. The van der Waals surface area contributed by atoms with Gasteiger partial charge in [0.15, 0.2) is 5.78 Å². The number of H-pyrrole nitrogens is 1. The lowest BCUT2D eigenvalue weighted by molar-refractivity contribution is -0.143. The van der Waals surface area contributed by atoms with Crippen LogP contribution >= 0.6 is 12.4 Å². The van der Waals surface area contributed by atoms with E-state index in [4.69, 9.17) is 0 Å². The van der Waals surface area contributed by atoms with Crippen LogP contribution in [-0.2, 0) is 34.8 Å². The van der Waals surface area contributed by atoms with Crippen LogP contribution in [0.3, 0.4) is 0 Å². The average Bonchev–Trinajstić information content (AvgIpc) is 3.14. The summed E-state index contributed by atoms with van der Waals surface area (Å²) in [5, 5.41) is 3.69. The Balaban J connectivity index is 0.00000461. The maximum Gasteiger partial charge on any atom is 0.416 e. The maximum atomic E-state index is 13.4. The summed E-state index contributed by atoms with van der Waals surface area (Å²) in [6, 6.07) is 7.82. The van der Waals surface area contributed by atoms with Gasteiger partial charge in [0.1, 0.15) is 0 Å². The zero-order chi connectivity index (χ0) is 31.5. The lowest BCUT2D eigenvalue weighted by Gasteiger charge is -2.22. The number of benzene rings is 2. The third-order valence-electron chi connectivity index (χ3n) is 9.01. The zero-order valence-corrected chi connectivity index (χ0v) is 25.6. The zero-order valence-electron chi connectivity index (χ0n) is 24.8. The Morgan fingerprint density at radius 1 is 0.889 bits per heavy atom. The molecule has 1 atom stereocenters. The Morgan fingerprint density at radius 3 is 2.09 bits per heavy atom. The first-order valence-electron chi connectivity index (χ1n) is 15.2. The van der Waals surface area contributed by atoms with Crippen LogP contribution in [0, 0.1) is 11.8 Å². The molecule has 2 N–H and O–H groups in total. The molecule has 2 saturated heterocycles. The topological polar surface area (TPSA) is 65.2 Å². The summed E-state index contributed by atoms with van der Waals surface area (Å²) in [5.41, 5.74) is -1.47. The van der Waals surface area contributed by atoms with E-state index in [9.17, 15) is 35.9 Å². The van der Waals surface area contributed by atoms with Crippen molar-refractivity contribution in [1.29, 1.82) is 0 Å². The molecule has 45 heavy (non-hydrogen) atoms. The largest absolute Gasteiger partial charge is 0.416 e. The van der Waals surface area contributed by atoms with Crippen LogP contribution < -0.4 is 5.32 Å². The van der Waals surface area contributed by atoms with E-state index in [1.807, 2.05) is 24.3 Å². The number of carbonyl (C=O) groups is 2. The predicted octanol–water partition coefficient (Wildman–Crippen LogP) is 7.76. The number of para-hydroxylation sites is 1. The van der Waals surface area contributed by atoms with Crippen molar-refractivity contribution in [1.82, 2.24) is 15.2 Å². The number of aromatic nitrogens is 1. The second-order valence-electron chi connectivity index (χ2n) is 12.3. The van der Waals surface area contributed by atoms with Gasteiger partial charge in [-0.1, -0.05) is 18.2 Å². The first kappa shape index (κ1) is 34.8. The van der Waals surface area contributed by atoms with Crippen molar-refractivity contribution in [2.75, 3.05) is 19.6 Å².